The van der Waals surface area contributed by atoms with Crippen molar-refractivity contribution < 1.29 is 13.5 Å². The highest BCUT2D eigenvalue weighted by molar-refractivity contribution is 6.30. The number of methoxy groups -OCH3 is 1. The molecule has 0 bridgehead atoms. The van der Waals surface area contributed by atoms with Crippen molar-refractivity contribution in [1.82, 2.24) is 15.0 Å². The number of hydrogen-bond acceptors (Lipinski definition) is 9. The van der Waals surface area contributed by atoms with Gasteiger partial charge in [0.15, 0.2) is 0 Å². The molecule has 5 rings (SSSR count). The minimum Gasteiger partial charge on any atom is -0.496 e. The van der Waals surface area contributed by atoms with E-state index in [1.807, 2.05) is 6.07 Å². The minimum atomic E-state index is -0.318. The predicted octanol–water partition coefficient (Wildman–Crippen LogP) is 6.11. The van der Waals surface area contributed by atoms with Gasteiger partial charge in [-0.15, -0.1) is 0 Å². The van der Waals surface area contributed by atoms with Gasteiger partial charge < -0.3 is 19.4 Å². The number of nitrogens with one attached hydrogen (secondary N) is 2. The molecule has 9 nitrogen and oxygen atoms in total. The van der Waals surface area contributed by atoms with E-state index in [0.717, 1.165) is 31.5 Å². The van der Waals surface area contributed by atoms with Crippen molar-refractivity contribution in [3.8, 4) is 17.1 Å². The van der Waals surface area contributed by atoms with E-state index in [4.69, 9.17) is 20.8 Å². The molecular formula is C26H25ClFN7O2. The number of piperidine rings is 1. The Balaban J connectivity index is 1.35. The molecule has 1 fully saturated rings. The second kappa shape index (κ2) is 11.3. The number of aromatic nitrogens is 3. The van der Waals surface area contributed by atoms with Gasteiger partial charge in [0.05, 0.1) is 18.9 Å². The minimum absolute atomic E-state index is 0.264. The molecule has 37 heavy (non-hydrogen) atoms. The van der Waals surface area contributed by atoms with Gasteiger partial charge in [-0.3, -0.25) is 0 Å². The van der Waals surface area contributed by atoms with Crippen LogP contribution in [0.4, 0.5) is 27.9 Å². The summed E-state index contributed by atoms with van der Waals surface area (Å²) in [5, 5.41) is 7.93. The van der Waals surface area contributed by atoms with Gasteiger partial charge in [0.25, 0.3) is 0 Å². The highest BCUT2D eigenvalue weighted by Gasteiger charge is 2.17. The molecule has 1 aliphatic heterocycles. The van der Waals surface area contributed by atoms with E-state index in [0.29, 0.717) is 39.9 Å². The maximum atomic E-state index is 13.3. The van der Waals surface area contributed by atoms with E-state index in [-0.39, 0.29) is 11.8 Å². The smallest absolute Gasteiger partial charge is 0.250 e. The quantitative estimate of drug-likeness (QED) is 0.211. The first-order valence-corrected chi connectivity index (χ1v) is 12.2. The topological polar surface area (TPSA) is 101 Å². The van der Waals surface area contributed by atoms with Crippen LogP contribution in [0.3, 0.4) is 0 Å². The first-order valence-electron chi connectivity index (χ1n) is 11.8. The molecule has 0 saturated carbocycles. The summed E-state index contributed by atoms with van der Waals surface area (Å²) in [6.45, 7) is 1.73. The molecule has 190 valence electrons. The molecule has 4 aromatic rings. The monoisotopic (exact) mass is 521 g/mol. The van der Waals surface area contributed by atoms with Gasteiger partial charge in [-0.05, 0) is 73.9 Å². The van der Waals surface area contributed by atoms with Crippen LogP contribution < -0.4 is 20.4 Å². The summed E-state index contributed by atoms with van der Waals surface area (Å²) < 4.78 is 24.6. The summed E-state index contributed by atoms with van der Waals surface area (Å²) in [7, 11) is 1.59. The third-order valence-electron chi connectivity index (χ3n) is 5.77. The SMILES string of the molecule is COc1ccc(Cl)cc1-c1ccc(/C=N\Nc2nc(Nc3ccc(F)cc3)nc(N3CCCCC3)n2)o1. The molecule has 3 heterocycles. The zero-order valence-corrected chi connectivity index (χ0v) is 20.9. The Bertz CT molecular complexity index is 1390. The van der Waals surface area contributed by atoms with Gasteiger partial charge in [-0.25, -0.2) is 9.82 Å². The van der Waals surface area contributed by atoms with Gasteiger partial charge >= 0.3 is 0 Å². The van der Waals surface area contributed by atoms with Crippen LogP contribution in [0.25, 0.3) is 11.3 Å². The highest BCUT2D eigenvalue weighted by atomic mass is 35.5. The van der Waals surface area contributed by atoms with E-state index in [1.165, 1.54) is 24.8 Å². The zero-order chi connectivity index (χ0) is 25.6. The second-order valence-corrected chi connectivity index (χ2v) is 8.82. The summed E-state index contributed by atoms with van der Waals surface area (Å²) in [6.07, 6.45) is 4.86. The first kappa shape index (κ1) is 24.5. The average Bonchev–Trinajstić information content (AvgIpc) is 3.39. The maximum absolute atomic E-state index is 13.3. The van der Waals surface area contributed by atoms with Crippen molar-refractivity contribution in [2.45, 2.75) is 19.3 Å². The molecule has 0 spiro atoms. The number of anilines is 4. The lowest BCUT2D eigenvalue weighted by atomic mass is 10.1. The van der Waals surface area contributed by atoms with Gasteiger partial charge in [0.2, 0.25) is 17.8 Å². The van der Waals surface area contributed by atoms with E-state index in [9.17, 15) is 4.39 Å². The van der Waals surface area contributed by atoms with Crippen molar-refractivity contribution in [2.24, 2.45) is 5.10 Å². The van der Waals surface area contributed by atoms with Crippen LogP contribution >= 0.6 is 11.6 Å². The number of benzene rings is 2. The molecule has 0 radical (unpaired) electrons. The zero-order valence-electron chi connectivity index (χ0n) is 20.1. The van der Waals surface area contributed by atoms with E-state index >= 15 is 0 Å². The van der Waals surface area contributed by atoms with Crippen LogP contribution in [0.15, 0.2) is 64.1 Å². The van der Waals surface area contributed by atoms with Crippen LogP contribution in [0.2, 0.25) is 5.02 Å². The number of ether oxygens (including phenoxy) is 1. The van der Waals surface area contributed by atoms with Gasteiger partial charge in [-0.2, -0.15) is 20.1 Å². The number of rotatable bonds is 8. The number of nitrogens with zero attached hydrogens (tertiary/aromatic N) is 5. The Hall–Kier alpha value is -4.18. The standard InChI is InChI=1S/C26H25ClFN7O2/c1-36-22-11-5-17(27)15-21(22)23-12-10-20(37-23)16-29-34-25-31-24(30-19-8-6-18(28)7-9-19)32-26(33-25)35-13-3-2-4-14-35/h5-12,15-16H,2-4,13-14H2,1H3,(H2,30,31,32,33,34)/b29-16-. The van der Waals surface area contributed by atoms with Crippen LogP contribution in [-0.4, -0.2) is 41.4 Å². The summed E-state index contributed by atoms with van der Waals surface area (Å²) in [5.74, 6) is 2.58. The lowest BCUT2D eigenvalue weighted by Gasteiger charge is -2.26. The number of hydrazone groups is 1. The third kappa shape index (κ3) is 6.15. The highest BCUT2D eigenvalue weighted by Crippen LogP contribution is 2.33. The number of hydrogen-bond donors (Lipinski definition) is 2. The Kier molecular flexibility index (Phi) is 7.46. The van der Waals surface area contributed by atoms with Crippen molar-refractivity contribution >= 4 is 41.3 Å². The van der Waals surface area contributed by atoms with Crippen molar-refractivity contribution in [1.29, 1.82) is 0 Å². The van der Waals surface area contributed by atoms with Crippen molar-refractivity contribution in [2.75, 3.05) is 35.8 Å². The van der Waals surface area contributed by atoms with Gasteiger partial charge in [0.1, 0.15) is 23.1 Å². The molecule has 0 aliphatic carbocycles. The molecular weight excluding hydrogens is 497 g/mol. The molecule has 2 N–H and O–H groups in total. The molecule has 0 amide bonds. The maximum Gasteiger partial charge on any atom is 0.250 e. The van der Waals surface area contributed by atoms with Crippen LogP contribution in [-0.2, 0) is 0 Å². The van der Waals surface area contributed by atoms with E-state index in [2.05, 4.69) is 35.7 Å². The summed E-state index contributed by atoms with van der Waals surface area (Å²) in [4.78, 5) is 15.7. The average molecular weight is 522 g/mol. The van der Waals surface area contributed by atoms with Crippen LogP contribution in [0, 0.1) is 5.82 Å². The first-order chi connectivity index (χ1) is 18.1. The van der Waals surface area contributed by atoms with Gasteiger partial charge in [-0.1, -0.05) is 11.6 Å². The molecule has 2 aromatic heterocycles. The Morgan fingerprint density at radius 3 is 2.57 bits per heavy atom. The summed E-state index contributed by atoms with van der Waals surface area (Å²) in [5.41, 5.74) is 4.26. The fourth-order valence-corrected chi connectivity index (χ4v) is 4.13. The lowest BCUT2D eigenvalue weighted by molar-refractivity contribution is 0.414. The van der Waals surface area contributed by atoms with E-state index < -0.39 is 0 Å². The Labute approximate surface area is 218 Å². The number of halogens is 2. The predicted molar refractivity (Wildman–Crippen MR) is 142 cm³/mol. The largest absolute Gasteiger partial charge is 0.496 e. The normalized spacial score (nSPS) is 13.6. The van der Waals surface area contributed by atoms with E-state index in [1.54, 1.807) is 43.5 Å². The second-order valence-electron chi connectivity index (χ2n) is 8.38. The molecule has 1 saturated heterocycles. The fourth-order valence-electron chi connectivity index (χ4n) is 3.96. The fraction of sp³-hybridized carbons (Fsp3) is 0.231. The Morgan fingerprint density at radius 2 is 1.78 bits per heavy atom. The lowest BCUT2D eigenvalue weighted by Crippen LogP contribution is -2.31. The Morgan fingerprint density at radius 1 is 1.00 bits per heavy atom. The summed E-state index contributed by atoms with van der Waals surface area (Å²) in [6, 6.07) is 14.9. The molecule has 0 unspecified atom stereocenters. The molecule has 1 aliphatic rings. The summed E-state index contributed by atoms with van der Waals surface area (Å²) >= 11 is 6.14. The van der Waals surface area contributed by atoms with Crippen molar-refractivity contribution in [3.63, 3.8) is 0 Å². The number of furan rings is 1. The molecule has 2 aromatic carbocycles. The molecule has 0 atom stereocenters. The van der Waals surface area contributed by atoms with Crippen LogP contribution in [0.1, 0.15) is 25.0 Å². The van der Waals surface area contributed by atoms with Crippen molar-refractivity contribution in [3.05, 3.63) is 71.2 Å². The molecule has 11 heteroatoms. The van der Waals surface area contributed by atoms with Crippen LogP contribution in [0.5, 0.6) is 5.75 Å². The van der Waals surface area contributed by atoms with Gasteiger partial charge in [0, 0.05) is 23.8 Å². The third-order valence-corrected chi connectivity index (χ3v) is 6.01.